The van der Waals surface area contributed by atoms with Crippen LogP contribution in [0.3, 0.4) is 0 Å². The topological polar surface area (TPSA) is 36.4 Å². The highest BCUT2D eigenvalue weighted by molar-refractivity contribution is 5.84. The van der Waals surface area contributed by atoms with E-state index in [4.69, 9.17) is 0 Å². The zero-order valence-corrected chi connectivity index (χ0v) is 14.8. The molecule has 0 spiro atoms. The van der Waals surface area contributed by atoms with Crippen LogP contribution in [-0.4, -0.2) is 12.8 Å². The lowest BCUT2D eigenvalue weighted by Crippen LogP contribution is -2.10. The van der Waals surface area contributed by atoms with Crippen LogP contribution < -0.4 is 10.7 Å². The highest BCUT2D eigenvalue weighted by Gasteiger charge is 2.05. The fraction of sp³-hybridized carbons (Fsp3) is 0.381. The predicted octanol–water partition coefficient (Wildman–Crippen LogP) is 5.09. The zero-order valence-electron chi connectivity index (χ0n) is 14.8. The Labute approximate surface area is 146 Å². The van der Waals surface area contributed by atoms with Gasteiger partial charge in [0, 0.05) is 18.5 Å². The Hall–Kier alpha value is -2.29. The van der Waals surface area contributed by atoms with E-state index in [2.05, 4.69) is 47.2 Å². The third kappa shape index (κ3) is 6.07. The van der Waals surface area contributed by atoms with Gasteiger partial charge in [-0.3, -0.25) is 5.43 Å². The molecule has 0 amide bonds. The van der Waals surface area contributed by atoms with Crippen molar-refractivity contribution in [2.24, 2.45) is 5.10 Å². The Morgan fingerprint density at radius 1 is 1.08 bits per heavy atom. The lowest BCUT2D eigenvalue weighted by Gasteiger charge is -2.12. The van der Waals surface area contributed by atoms with Crippen LogP contribution in [0.2, 0.25) is 0 Å². The van der Waals surface area contributed by atoms with Crippen molar-refractivity contribution in [1.29, 1.82) is 0 Å². The Kier molecular flexibility index (Phi) is 7.34. The van der Waals surface area contributed by atoms with E-state index in [1.165, 1.54) is 37.8 Å². The van der Waals surface area contributed by atoms with Crippen molar-refractivity contribution < 1.29 is 0 Å². The average Bonchev–Trinajstić information content (AvgIpc) is 2.58. The molecule has 0 radical (unpaired) electrons. The monoisotopic (exact) mass is 323 g/mol. The summed E-state index contributed by atoms with van der Waals surface area (Å²) in [6.07, 6.45) is 12.7. The molecule has 1 saturated carbocycles. The lowest BCUT2D eigenvalue weighted by atomic mass is 9.99. The van der Waals surface area contributed by atoms with Gasteiger partial charge in [-0.05, 0) is 49.0 Å². The van der Waals surface area contributed by atoms with Crippen molar-refractivity contribution in [1.82, 2.24) is 10.7 Å². The van der Waals surface area contributed by atoms with E-state index >= 15 is 0 Å². The molecular formula is C21H29N3. The summed E-state index contributed by atoms with van der Waals surface area (Å²) in [5.74, 6) is 0. The van der Waals surface area contributed by atoms with E-state index < -0.39 is 0 Å². The van der Waals surface area contributed by atoms with E-state index in [1.54, 1.807) is 0 Å². The van der Waals surface area contributed by atoms with Gasteiger partial charge >= 0.3 is 0 Å². The first-order valence-electron chi connectivity index (χ1n) is 8.84. The number of allylic oxidation sites excluding steroid dienone is 1. The Bertz CT molecular complexity index is 616. The molecule has 3 heteroatoms. The first kappa shape index (κ1) is 18.1. The molecule has 1 fully saturated rings. The van der Waals surface area contributed by atoms with E-state index in [0.29, 0.717) is 0 Å². The van der Waals surface area contributed by atoms with Gasteiger partial charge in [-0.2, -0.15) is 5.10 Å². The minimum Gasteiger partial charge on any atom is -0.389 e. The van der Waals surface area contributed by atoms with Gasteiger partial charge in [0.1, 0.15) is 0 Å². The largest absolute Gasteiger partial charge is 0.389 e. The molecule has 0 heterocycles. The van der Waals surface area contributed by atoms with Crippen LogP contribution in [0, 0.1) is 0 Å². The Morgan fingerprint density at radius 3 is 2.50 bits per heavy atom. The second-order valence-electron chi connectivity index (χ2n) is 6.27. The van der Waals surface area contributed by atoms with Crippen LogP contribution in [0.5, 0.6) is 0 Å². The molecule has 0 unspecified atom stereocenters. The van der Waals surface area contributed by atoms with Crippen LogP contribution in [0.1, 0.15) is 56.1 Å². The Balaban J connectivity index is 1.98. The van der Waals surface area contributed by atoms with Gasteiger partial charge < -0.3 is 5.32 Å². The summed E-state index contributed by atoms with van der Waals surface area (Å²) in [5, 5.41) is 7.61. The maximum absolute atomic E-state index is 4.60. The second-order valence-corrected chi connectivity index (χ2v) is 6.27. The highest BCUT2D eigenvalue weighted by Crippen LogP contribution is 2.16. The molecule has 1 aliphatic carbocycles. The van der Waals surface area contributed by atoms with E-state index in [0.717, 1.165) is 35.4 Å². The van der Waals surface area contributed by atoms with Crippen molar-refractivity contribution in [3.8, 4) is 0 Å². The van der Waals surface area contributed by atoms with Crippen molar-refractivity contribution in [2.45, 2.75) is 44.9 Å². The SMILES string of the molecule is C=C(/C=C/c1cccc(C(=C)NN=C2CCCCCCC2)c1)NC. The van der Waals surface area contributed by atoms with E-state index in [-0.39, 0.29) is 0 Å². The summed E-state index contributed by atoms with van der Waals surface area (Å²) >= 11 is 0. The summed E-state index contributed by atoms with van der Waals surface area (Å²) < 4.78 is 0. The smallest absolute Gasteiger partial charge is 0.0562 e. The number of benzene rings is 1. The molecule has 0 aliphatic heterocycles. The molecule has 0 atom stereocenters. The van der Waals surface area contributed by atoms with Gasteiger partial charge in [-0.1, -0.05) is 56.7 Å². The van der Waals surface area contributed by atoms with Crippen LogP contribution in [-0.2, 0) is 0 Å². The maximum Gasteiger partial charge on any atom is 0.0562 e. The van der Waals surface area contributed by atoms with Gasteiger partial charge in [-0.15, -0.1) is 0 Å². The molecule has 24 heavy (non-hydrogen) atoms. The summed E-state index contributed by atoms with van der Waals surface area (Å²) in [6.45, 7) is 8.03. The van der Waals surface area contributed by atoms with Crippen molar-refractivity contribution in [3.63, 3.8) is 0 Å². The third-order valence-corrected chi connectivity index (χ3v) is 4.31. The normalized spacial score (nSPS) is 15.5. The minimum atomic E-state index is 0.840. The molecule has 0 bridgehead atoms. The van der Waals surface area contributed by atoms with Gasteiger partial charge in [0.25, 0.3) is 0 Å². The molecule has 1 aliphatic rings. The quantitative estimate of drug-likeness (QED) is 0.565. The number of nitrogens with one attached hydrogen (secondary N) is 2. The molecular weight excluding hydrogens is 294 g/mol. The van der Waals surface area contributed by atoms with Crippen LogP contribution in [0.25, 0.3) is 11.8 Å². The molecule has 1 aromatic carbocycles. The van der Waals surface area contributed by atoms with Crippen LogP contribution >= 0.6 is 0 Å². The number of nitrogens with zero attached hydrogens (tertiary/aromatic N) is 1. The Morgan fingerprint density at radius 2 is 1.79 bits per heavy atom. The summed E-state index contributed by atoms with van der Waals surface area (Å²) in [4.78, 5) is 0. The van der Waals surface area contributed by atoms with Crippen LogP contribution in [0.15, 0.2) is 54.3 Å². The van der Waals surface area contributed by atoms with E-state index in [9.17, 15) is 0 Å². The standard InChI is InChI=1S/C21H29N3/c1-17(22-3)14-15-19-10-9-11-20(16-19)18(2)23-24-21-12-7-5-4-6-8-13-21/h9-11,14-16,22-23H,1-2,4-8,12-13H2,3H3/b15-14+. The van der Waals surface area contributed by atoms with E-state index in [1.807, 2.05) is 25.3 Å². The lowest BCUT2D eigenvalue weighted by molar-refractivity contribution is 0.604. The van der Waals surface area contributed by atoms with Gasteiger partial charge in [0.2, 0.25) is 0 Å². The number of hydrogen-bond acceptors (Lipinski definition) is 3. The average molecular weight is 323 g/mol. The molecule has 3 nitrogen and oxygen atoms in total. The highest BCUT2D eigenvalue weighted by atomic mass is 15.3. The molecule has 0 saturated heterocycles. The van der Waals surface area contributed by atoms with Gasteiger partial charge in [0.15, 0.2) is 0 Å². The summed E-state index contributed by atoms with van der Waals surface area (Å²) in [6, 6.07) is 8.26. The first-order valence-corrected chi connectivity index (χ1v) is 8.84. The fourth-order valence-corrected chi connectivity index (χ4v) is 2.75. The summed E-state index contributed by atoms with van der Waals surface area (Å²) in [5.41, 5.74) is 8.33. The van der Waals surface area contributed by atoms with Crippen molar-refractivity contribution in [2.75, 3.05) is 7.05 Å². The van der Waals surface area contributed by atoms with Crippen LogP contribution in [0.4, 0.5) is 0 Å². The minimum absolute atomic E-state index is 0.840. The van der Waals surface area contributed by atoms with Gasteiger partial charge in [-0.25, -0.2) is 0 Å². The van der Waals surface area contributed by atoms with Crippen molar-refractivity contribution >= 4 is 17.5 Å². The number of rotatable bonds is 6. The van der Waals surface area contributed by atoms with Crippen molar-refractivity contribution in [3.05, 3.63) is 60.3 Å². The maximum atomic E-state index is 4.60. The molecule has 0 aromatic heterocycles. The second kappa shape index (κ2) is 9.76. The molecule has 1 aromatic rings. The molecule has 128 valence electrons. The third-order valence-electron chi connectivity index (χ3n) is 4.31. The predicted molar refractivity (Wildman–Crippen MR) is 106 cm³/mol. The molecule has 2 N–H and O–H groups in total. The van der Waals surface area contributed by atoms with Gasteiger partial charge in [0.05, 0.1) is 5.70 Å². The first-order chi connectivity index (χ1) is 11.7. The number of hydrazone groups is 1. The molecule has 2 rings (SSSR count). The number of hydrogen-bond donors (Lipinski definition) is 2. The summed E-state index contributed by atoms with van der Waals surface area (Å²) in [7, 11) is 1.86. The number of likely N-dealkylation sites (N-methyl/N-ethyl adjacent to an activating group) is 1. The fourth-order valence-electron chi connectivity index (χ4n) is 2.75. The zero-order chi connectivity index (χ0) is 17.2.